The molecule has 0 bridgehead atoms. The molecule has 2 N–H and O–H groups in total. The number of ether oxygens (including phenoxy) is 1. The van der Waals surface area contributed by atoms with E-state index in [9.17, 15) is 14.4 Å². The summed E-state index contributed by atoms with van der Waals surface area (Å²) in [5, 5.41) is 15.5. The molecule has 0 radical (unpaired) electrons. The molecule has 0 spiro atoms. The molecule has 2 aromatic heterocycles. The van der Waals surface area contributed by atoms with E-state index in [-0.39, 0.29) is 24.3 Å². The lowest BCUT2D eigenvalue weighted by Gasteiger charge is -2.27. The Morgan fingerprint density at radius 3 is 2.88 bits per heavy atom. The average molecular weight is 458 g/mol. The number of piperidine rings is 1. The second-order valence-electron chi connectivity index (χ2n) is 8.64. The number of nitriles is 1. The van der Waals surface area contributed by atoms with Crippen LogP contribution in [-0.2, 0) is 4.79 Å². The van der Waals surface area contributed by atoms with Crippen molar-refractivity contribution in [3.63, 3.8) is 0 Å². The number of rotatable bonds is 6. The standard InChI is InChI=1S/C26H24FN5O2/c27-22-15-30-8-6-24(22)34-23-4-3-16(10-19(23)13-28)17-5-9-31-25(11-17)32-26(33)21-12-20(21)18-2-1-7-29-14-18/h1-5,7,9-11,14,20-22,24,30H,6,8,12,15H2,(H,31,32,33)/t20-,21+,22+,24-/m0/s1. The Hall–Kier alpha value is -3.83. The minimum absolute atomic E-state index is 0.0669. The Morgan fingerprint density at radius 1 is 1.21 bits per heavy atom. The number of nitrogens with one attached hydrogen (secondary N) is 2. The molecule has 4 atom stereocenters. The summed E-state index contributed by atoms with van der Waals surface area (Å²) < 4.78 is 20.0. The summed E-state index contributed by atoms with van der Waals surface area (Å²) >= 11 is 0. The Labute approximate surface area is 197 Å². The molecule has 0 unspecified atom stereocenters. The number of carbonyl (C=O) groups excluding carboxylic acids is 1. The van der Waals surface area contributed by atoms with Gasteiger partial charge in [-0.05, 0) is 72.3 Å². The first-order valence-corrected chi connectivity index (χ1v) is 11.3. The van der Waals surface area contributed by atoms with Gasteiger partial charge in [-0.1, -0.05) is 12.1 Å². The molecular weight excluding hydrogens is 433 g/mol. The van der Waals surface area contributed by atoms with Crippen LogP contribution in [0.15, 0.2) is 61.1 Å². The number of carbonyl (C=O) groups is 1. The summed E-state index contributed by atoms with van der Waals surface area (Å²) in [6.45, 7) is 0.931. The van der Waals surface area contributed by atoms with Crippen molar-refractivity contribution in [2.45, 2.75) is 31.0 Å². The molecule has 2 fully saturated rings. The summed E-state index contributed by atoms with van der Waals surface area (Å²) in [4.78, 5) is 21.1. The van der Waals surface area contributed by atoms with Crippen LogP contribution < -0.4 is 15.4 Å². The highest BCUT2D eigenvalue weighted by Gasteiger charge is 2.44. The molecule has 34 heavy (non-hydrogen) atoms. The fourth-order valence-electron chi connectivity index (χ4n) is 4.34. The Kier molecular flexibility index (Phi) is 6.19. The van der Waals surface area contributed by atoms with E-state index in [0.29, 0.717) is 30.1 Å². The van der Waals surface area contributed by atoms with Crippen molar-refractivity contribution in [1.29, 1.82) is 5.26 Å². The number of nitrogens with zero attached hydrogens (tertiary/aromatic N) is 3. The topological polar surface area (TPSA) is 99.9 Å². The van der Waals surface area contributed by atoms with Crippen molar-refractivity contribution >= 4 is 11.7 Å². The number of hydrogen-bond donors (Lipinski definition) is 2. The molecule has 1 aliphatic carbocycles. The van der Waals surface area contributed by atoms with Crippen molar-refractivity contribution in [3.05, 3.63) is 72.2 Å². The van der Waals surface area contributed by atoms with Crippen LogP contribution in [0.25, 0.3) is 11.1 Å². The normalized spacial score (nSPS) is 23.5. The van der Waals surface area contributed by atoms with E-state index >= 15 is 0 Å². The van der Waals surface area contributed by atoms with Gasteiger partial charge in [0.2, 0.25) is 5.91 Å². The van der Waals surface area contributed by atoms with E-state index < -0.39 is 12.3 Å². The Balaban J connectivity index is 1.28. The van der Waals surface area contributed by atoms with Crippen molar-refractivity contribution in [2.75, 3.05) is 18.4 Å². The van der Waals surface area contributed by atoms with Crippen molar-refractivity contribution in [1.82, 2.24) is 15.3 Å². The zero-order valence-electron chi connectivity index (χ0n) is 18.4. The number of amides is 1. The summed E-state index contributed by atoms with van der Waals surface area (Å²) in [5.41, 5.74) is 2.99. The second kappa shape index (κ2) is 9.57. The zero-order valence-corrected chi connectivity index (χ0v) is 18.4. The van der Waals surface area contributed by atoms with Crippen molar-refractivity contribution in [3.8, 4) is 22.9 Å². The summed E-state index contributed by atoms with van der Waals surface area (Å²) in [6, 6.07) is 14.8. The monoisotopic (exact) mass is 457 g/mol. The molecule has 8 heteroatoms. The molecule has 5 rings (SSSR count). The van der Waals surface area contributed by atoms with Gasteiger partial charge in [-0.15, -0.1) is 0 Å². The fraction of sp³-hybridized carbons (Fsp3) is 0.308. The van der Waals surface area contributed by atoms with Gasteiger partial charge in [0.25, 0.3) is 0 Å². The molecule has 1 amide bonds. The first kappa shape index (κ1) is 22.0. The lowest BCUT2D eigenvalue weighted by molar-refractivity contribution is -0.117. The minimum atomic E-state index is -1.12. The van der Waals surface area contributed by atoms with Gasteiger partial charge in [-0.3, -0.25) is 9.78 Å². The largest absolute Gasteiger partial charge is 0.486 e. The van der Waals surface area contributed by atoms with Gasteiger partial charge in [0.05, 0.1) is 5.56 Å². The molecule has 1 aromatic carbocycles. The Bertz CT molecular complexity index is 1230. The van der Waals surface area contributed by atoms with Gasteiger partial charge in [0.1, 0.15) is 29.9 Å². The molecule has 1 saturated carbocycles. The predicted molar refractivity (Wildman–Crippen MR) is 125 cm³/mol. The van der Waals surface area contributed by atoms with Crippen LogP contribution in [0.3, 0.4) is 0 Å². The molecule has 3 aromatic rings. The maximum atomic E-state index is 14.1. The predicted octanol–water partition coefficient (Wildman–Crippen LogP) is 3.84. The van der Waals surface area contributed by atoms with Crippen LogP contribution in [-0.4, -0.2) is 41.2 Å². The highest BCUT2D eigenvalue weighted by atomic mass is 19.1. The second-order valence-corrected chi connectivity index (χ2v) is 8.64. The first-order chi connectivity index (χ1) is 16.6. The molecule has 172 valence electrons. The summed E-state index contributed by atoms with van der Waals surface area (Å²) in [6.07, 6.45) is 4.80. The number of aromatic nitrogens is 2. The van der Waals surface area contributed by atoms with Gasteiger partial charge in [-0.25, -0.2) is 9.37 Å². The molecule has 7 nitrogen and oxygen atoms in total. The molecule has 2 aliphatic rings. The van der Waals surface area contributed by atoms with Crippen molar-refractivity contribution in [2.24, 2.45) is 5.92 Å². The van der Waals surface area contributed by atoms with E-state index in [1.807, 2.05) is 24.3 Å². The van der Waals surface area contributed by atoms with Crippen molar-refractivity contribution < 1.29 is 13.9 Å². The summed E-state index contributed by atoms with van der Waals surface area (Å²) in [7, 11) is 0. The van der Waals surface area contributed by atoms with Crippen LogP contribution >= 0.6 is 0 Å². The molecule has 3 heterocycles. The summed E-state index contributed by atoms with van der Waals surface area (Å²) in [5.74, 6) is 0.853. The third-order valence-corrected chi connectivity index (χ3v) is 6.31. The Morgan fingerprint density at radius 2 is 2.09 bits per heavy atom. The maximum Gasteiger partial charge on any atom is 0.229 e. The van der Waals surface area contributed by atoms with E-state index in [1.165, 1.54) is 0 Å². The zero-order chi connectivity index (χ0) is 23.5. The maximum absolute atomic E-state index is 14.1. The first-order valence-electron chi connectivity index (χ1n) is 11.3. The third-order valence-electron chi connectivity index (χ3n) is 6.31. The number of halogens is 1. The number of benzene rings is 1. The van der Waals surface area contributed by atoms with Crippen LogP contribution in [0.5, 0.6) is 5.75 Å². The molecule has 1 saturated heterocycles. The minimum Gasteiger partial charge on any atom is -0.486 e. The number of pyridine rings is 2. The van der Waals surface area contributed by atoms with Gasteiger partial charge in [-0.2, -0.15) is 5.26 Å². The molecular formula is C26H24FN5O2. The van der Waals surface area contributed by atoms with Crippen LogP contribution in [0.1, 0.15) is 29.9 Å². The van der Waals surface area contributed by atoms with Gasteiger partial charge < -0.3 is 15.4 Å². The lowest BCUT2D eigenvalue weighted by Crippen LogP contribution is -2.44. The smallest absolute Gasteiger partial charge is 0.229 e. The van der Waals surface area contributed by atoms with Gasteiger partial charge in [0, 0.05) is 31.1 Å². The highest BCUT2D eigenvalue weighted by molar-refractivity contribution is 5.95. The quantitative estimate of drug-likeness (QED) is 0.584. The van der Waals surface area contributed by atoms with Gasteiger partial charge >= 0.3 is 0 Å². The fourth-order valence-corrected chi connectivity index (χ4v) is 4.34. The molecule has 1 aliphatic heterocycles. The van der Waals surface area contributed by atoms with Crippen LogP contribution in [0, 0.1) is 17.2 Å². The SMILES string of the molecule is N#Cc1cc(-c2ccnc(NC(=O)[C@@H]3C[C@H]3c3cccnc3)c2)ccc1O[C@H]1CCNC[C@H]1F. The van der Waals surface area contributed by atoms with Gasteiger partial charge in [0.15, 0.2) is 0 Å². The third kappa shape index (κ3) is 4.75. The number of alkyl halides is 1. The lowest BCUT2D eigenvalue weighted by atomic mass is 10.0. The van der Waals surface area contributed by atoms with Crippen LogP contribution in [0.4, 0.5) is 10.2 Å². The van der Waals surface area contributed by atoms with E-state index in [2.05, 4.69) is 26.7 Å². The van der Waals surface area contributed by atoms with E-state index in [4.69, 9.17) is 4.74 Å². The number of anilines is 1. The number of hydrogen-bond acceptors (Lipinski definition) is 6. The average Bonchev–Trinajstić information content (AvgIpc) is 3.68. The highest BCUT2D eigenvalue weighted by Crippen LogP contribution is 2.47. The van der Waals surface area contributed by atoms with E-state index in [1.54, 1.807) is 36.8 Å². The van der Waals surface area contributed by atoms with Crippen LogP contribution in [0.2, 0.25) is 0 Å². The van der Waals surface area contributed by atoms with E-state index in [0.717, 1.165) is 23.1 Å².